The number of benzene rings is 2. The van der Waals surface area contributed by atoms with Gasteiger partial charge in [0.2, 0.25) is 11.7 Å². The van der Waals surface area contributed by atoms with Crippen molar-refractivity contribution in [2.45, 2.75) is 0 Å². The summed E-state index contributed by atoms with van der Waals surface area (Å²) >= 11 is 0. The highest BCUT2D eigenvalue weighted by atomic mass is 19.2. The lowest BCUT2D eigenvalue weighted by Gasteiger charge is -2.09. The number of anilines is 1. The summed E-state index contributed by atoms with van der Waals surface area (Å²) in [6.07, 6.45) is 0. The van der Waals surface area contributed by atoms with Gasteiger partial charge in [0.25, 0.3) is 5.91 Å². The average Bonchev–Trinajstić information content (AvgIpc) is 2.65. The molecule has 12 heteroatoms. The second-order valence-corrected chi connectivity index (χ2v) is 5.21. The summed E-state index contributed by atoms with van der Waals surface area (Å²) in [6.45, 7) is -1.47. The normalized spacial score (nSPS) is 10.3. The molecule has 28 heavy (non-hydrogen) atoms. The van der Waals surface area contributed by atoms with Gasteiger partial charge >= 0.3 is 5.69 Å². The Morgan fingerprint density at radius 3 is 2.43 bits per heavy atom. The van der Waals surface area contributed by atoms with Gasteiger partial charge < -0.3 is 15.4 Å². The van der Waals surface area contributed by atoms with Gasteiger partial charge in [-0.15, -0.1) is 0 Å². The predicted octanol–water partition coefficient (Wildman–Crippen LogP) is 2.28. The van der Waals surface area contributed by atoms with Gasteiger partial charge in [0.15, 0.2) is 24.1 Å². The van der Waals surface area contributed by atoms with Crippen LogP contribution in [0, 0.1) is 33.4 Å². The van der Waals surface area contributed by atoms with E-state index in [0.29, 0.717) is 12.1 Å². The van der Waals surface area contributed by atoms with Crippen molar-refractivity contribution in [3.05, 3.63) is 63.7 Å². The molecule has 0 aliphatic rings. The van der Waals surface area contributed by atoms with E-state index in [9.17, 15) is 37.3 Å². The maximum Gasteiger partial charge on any atom is 0.311 e. The van der Waals surface area contributed by atoms with Crippen molar-refractivity contribution >= 4 is 23.2 Å². The van der Waals surface area contributed by atoms with E-state index in [-0.39, 0.29) is 0 Å². The molecule has 0 aliphatic heterocycles. The molecule has 0 atom stereocenters. The molecule has 0 heterocycles. The molecule has 0 aromatic heterocycles. The van der Waals surface area contributed by atoms with Crippen LogP contribution in [0.2, 0.25) is 0 Å². The van der Waals surface area contributed by atoms with Crippen LogP contribution in [0.25, 0.3) is 0 Å². The van der Waals surface area contributed by atoms with Crippen LogP contribution in [0.3, 0.4) is 0 Å². The minimum Gasteiger partial charge on any atom is -0.477 e. The number of nitrogens with one attached hydrogen (secondary N) is 2. The van der Waals surface area contributed by atoms with E-state index in [1.807, 2.05) is 5.32 Å². The molecule has 0 saturated carbocycles. The summed E-state index contributed by atoms with van der Waals surface area (Å²) in [5, 5.41) is 14.8. The number of rotatable bonds is 7. The Bertz CT molecular complexity index is 939. The van der Waals surface area contributed by atoms with Gasteiger partial charge in [0, 0.05) is 12.1 Å². The highest BCUT2D eigenvalue weighted by Gasteiger charge is 2.18. The number of carbonyl (C=O) groups excluding carboxylic acids is 2. The number of carbonyl (C=O) groups is 2. The standard InChI is InChI=1S/C16H11F4N3O5/c17-8-1-4-11(23(26)27)12(5-8)28-7-14(25)21-6-13(24)22-10-3-2-9(18)15(19)16(10)20/h1-5H,6-7H2,(H,21,25)(H,22,24). The molecule has 0 saturated heterocycles. The first kappa shape index (κ1) is 20.6. The van der Waals surface area contributed by atoms with Gasteiger partial charge in [0.1, 0.15) is 5.82 Å². The molecule has 0 fully saturated rings. The van der Waals surface area contributed by atoms with E-state index >= 15 is 0 Å². The Balaban J connectivity index is 1.88. The molecule has 2 N–H and O–H groups in total. The molecule has 2 amide bonds. The number of nitro groups is 1. The van der Waals surface area contributed by atoms with Crippen molar-refractivity contribution in [3.63, 3.8) is 0 Å². The third kappa shape index (κ3) is 5.16. The van der Waals surface area contributed by atoms with Crippen LogP contribution in [-0.2, 0) is 9.59 Å². The SMILES string of the molecule is O=C(COc1cc(F)ccc1[N+](=O)[O-])NCC(=O)Nc1ccc(F)c(F)c1F. The quantitative estimate of drug-likeness (QED) is 0.320. The lowest BCUT2D eigenvalue weighted by atomic mass is 10.2. The fraction of sp³-hybridized carbons (Fsp3) is 0.125. The summed E-state index contributed by atoms with van der Waals surface area (Å²) in [5.41, 5.74) is -1.20. The molecule has 2 aromatic carbocycles. The first-order chi connectivity index (χ1) is 13.2. The van der Waals surface area contributed by atoms with Crippen LogP contribution < -0.4 is 15.4 Å². The summed E-state index contributed by atoms with van der Waals surface area (Å²) in [7, 11) is 0. The first-order valence-electron chi connectivity index (χ1n) is 7.46. The Labute approximate surface area is 154 Å². The molecular formula is C16H11F4N3O5. The summed E-state index contributed by atoms with van der Waals surface area (Å²) in [5.74, 6) is -8.00. The number of nitro benzene ring substituents is 1. The Morgan fingerprint density at radius 2 is 1.75 bits per heavy atom. The van der Waals surface area contributed by atoms with E-state index in [1.165, 1.54) is 0 Å². The molecule has 2 aromatic rings. The van der Waals surface area contributed by atoms with E-state index in [0.717, 1.165) is 18.2 Å². The smallest absolute Gasteiger partial charge is 0.311 e. The van der Waals surface area contributed by atoms with Gasteiger partial charge in [-0.05, 0) is 18.2 Å². The van der Waals surface area contributed by atoms with Crippen molar-refractivity contribution in [1.29, 1.82) is 0 Å². The molecule has 148 valence electrons. The van der Waals surface area contributed by atoms with E-state index in [4.69, 9.17) is 4.74 Å². The number of nitrogens with zero attached hydrogens (tertiary/aromatic N) is 1. The topological polar surface area (TPSA) is 111 Å². The summed E-state index contributed by atoms with van der Waals surface area (Å²) < 4.78 is 57.3. The fourth-order valence-electron chi connectivity index (χ4n) is 1.94. The monoisotopic (exact) mass is 401 g/mol. The van der Waals surface area contributed by atoms with Crippen LogP contribution in [-0.4, -0.2) is 29.9 Å². The van der Waals surface area contributed by atoms with Crippen molar-refractivity contribution < 1.29 is 36.8 Å². The zero-order valence-electron chi connectivity index (χ0n) is 13.8. The predicted molar refractivity (Wildman–Crippen MR) is 86.5 cm³/mol. The highest BCUT2D eigenvalue weighted by Crippen LogP contribution is 2.27. The molecule has 2 rings (SSSR count). The molecule has 0 unspecified atom stereocenters. The Kier molecular flexibility index (Phi) is 6.47. The van der Waals surface area contributed by atoms with Crippen LogP contribution in [0.5, 0.6) is 5.75 Å². The fourth-order valence-corrected chi connectivity index (χ4v) is 1.94. The molecule has 0 aliphatic carbocycles. The maximum absolute atomic E-state index is 13.4. The number of amides is 2. The number of halogens is 4. The minimum absolute atomic E-state index is 0.492. The molecule has 8 nitrogen and oxygen atoms in total. The third-order valence-corrected chi connectivity index (χ3v) is 3.23. The number of ether oxygens (including phenoxy) is 1. The Morgan fingerprint density at radius 1 is 1.04 bits per heavy atom. The maximum atomic E-state index is 13.4. The van der Waals surface area contributed by atoms with Gasteiger partial charge in [0.05, 0.1) is 17.2 Å². The average molecular weight is 401 g/mol. The number of hydrogen-bond acceptors (Lipinski definition) is 5. The van der Waals surface area contributed by atoms with Crippen molar-refractivity contribution in [2.24, 2.45) is 0 Å². The molecular weight excluding hydrogens is 390 g/mol. The second-order valence-electron chi connectivity index (χ2n) is 5.21. The largest absolute Gasteiger partial charge is 0.477 e. The van der Waals surface area contributed by atoms with E-state index in [2.05, 4.69) is 5.32 Å². The highest BCUT2D eigenvalue weighted by molar-refractivity contribution is 5.94. The van der Waals surface area contributed by atoms with Gasteiger partial charge in [-0.3, -0.25) is 19.7 Å². The van der Waals surface area contributed by atoms with Crippen LogP contribution in [0.15, 0.2) is 30.3 Å². The minimum atomic E-state index is -1.77. The van der Waals surface area contributed by atoms with Gasteiger partial charge in [-0.25, -0.2) is 17.6 Å². The lowest BCUT2D eigenvalue weighted by molar-refractivity contribution is -0.385. The molecule has 0 radical (unpaired) electrons. The van der Waals surface area contributed by atoms with Crippen molar-refractivity contribution in [2.75, 3.05) is 18.5 Å². The lowest BCUT2D eigenvalue weighted by Crippen LogP contribution is -2.36. The van der Waals surface area contributed by atoms with Crippen LogP contribution in [0.4, 0.5) is 28.9 Å². The van der Waals surface area contributed by atoms with Crippen molar-refractivity contribution in [3.8, 4) is 5.75 Å². The van der Waals surface area contributed by atoms with E-state index < -0.39 is 70.3 Å². The summed E-state index contributed by atoms with van der Waals surface area (Å²) in [4.78, 5) is 33.3. The number of hydrogen-bond donors (Lipinski definition) is 2. The molecule has 0 spiro atoms. The summed E-state index contributed by atoms with van der Waals surface area (Å²) in [6, 6.07) is 3.80. The zero-order chi connectivity index (χ0) is 20.8. The zero-order valence-corrected chi connectivity index (χ0v) is 13.8. The Hall–Kier alpha value is -3.70. The van der Waals surface area contributed by atoms with Crippen molar-refractivity contribution in [1.82, 2.24) is 5.32 Å². The third-order valence-electron chi connectivity index (χ3n) is 3.23. The van der Waals surface area contributed by atoms with Crippen LogP contribution >= 0.6 is 0 Å². The second kappa shape index (κ2) is 8.79. The van der Waals surface area contributed by atoms with Crippen LogP contribution in [0.1, 0.15) is 0 Å². The van der Waals surface area contributed by atoms with E-state index in [1.54, 1.807) is 0 Å². The first-order valence-corrected chi connectivity index (χ1v) is 7.46. The van der Waals surface area contributed by atoms with Gasteiger partial charge in [-0.2, -0.15) is 0 Å². The van der Waals surface area contributed by atoms with Gasteiger partial charge in [-0.1, -0.05) is 0 Å². The molecule has 0 bridgehead atoms.